The highest BCUT2D eigenvalue weighted by atomic mass is 32.2. The first-order chi connectivity index (χ1) is 13.7. The van der Waals surface area contributed by atoms with Gasteiger partial charge >= 0.3 is 6.09 Å². The quantitative estimate of drug-likeness (QED) is 0.741. The largest absolute Gasteiger partial charge is 0.464 e. The Kier molecular flexibility index (Phi) is 6.31. The predicted octanol–water partition coefficient (Wildman–Crippen LogP) is 3.34. The lowest BCUT2D eigenvalue weighted by molar-refractivity contribution is -0.123. The standard InChI is InChI=1S/C20H28N4O5S/c1-12(2)23(19(26)27)24-14(4)17(13(3)22-24)30(28,29)16-10-8-15(9-11-16)21-18(25)20(5,6)7/h8-12H,1-7H3,(H,21,25)(H,26,27). The van der Waals surface area contributed by atoms with Crippen LogP contribution in [0.15, 0.2) is 34.1 Å². The van der Waals surface area contributed by atoms with E-state index in [9.17, 15) is 23.1 Å². The molecule has 164 valence electrons. The fourth-order valence-corrected chi connectivity index (χ4v) is 4.52. The van der Waals surface area contributed by atoms with Crippen molar-refractivity contribution in [2.45, 2.75) is 64.3 Å². The zero-order valence-electron chi connectivity index (χ0n) is 18.2. The summed E-state index contributed by atoms with van der Waals surface area (Å²) in [4.78, 5) is 24.8. The number of carboxylic acid groups (broad SMARTS) is 1. The Morgan fingerprint density at radius 3 is 2.10 bits per heavy atom. The summed E-state index contributed by atoms with van der Waals surface area (Å²) < 4.78 is 26.5. The number of aromatic nitrogens is 2. The van der Waals surface area contributed by atoms with Gasteiger partial charge in [-0.05, 0) is 52.0 Å². The molecule has 0 atom stereocenters. The van der Waals surface area contributed by atoms with E-state index in [0.29, 0.717) is 5.69 Å². The van der Waals surface area contributed by atoms with E-state index in [2.05, 4.69) is 10.4 Å². The summed E-state index contributed by atoms with van der Waals surface area (Å²) in [6.07, 6.45) is -1.24. The highest BCUT2D eigenvalue weighted by Crippen LogP contribution is 2.28. The lowest BCUT2D eigenvalue weighted by Gasteiger charge is -2.24. The van der Waals surface area contributed by atoms with Crippen molar-refractivity contribution < 1.29 is 23.1 Å². The van der Waals surface area contributed by atoms with Crippen molar-refractivity contribution in [2.24, 2.45) is 5.41 Å². The second-order valence-electron chi connectivity index (χ2n) is 8.34. The number of rotatable bonds is 5. The van der Waals surface area contributed by atoms with E-state index in [1.807, 2.05) is 0 Å². The summed E-state index contributed by atoms with van der Waals surface area (Å²) in [6.45, 7) is 11.7. The average molecular weight is 437 g/mol. The minimum Gasteiger partial charge on any atom is -0.464 e. The van der Waals surface area contributed by atoms with Crippen LogP contribution in [-0.2, 0) is 14.6 Å². The minimum absolute atomic E-state index is 0.0217. The Morgan fingerprint density at radius 2 is 1.67 bits per heavy atom. The summed E-state index contributed by atoms with van der Waals surface area (Å²) in [5, 5.41) is 17.3. The Hall–Kier alpha value is -2.88. The lowest BCUT2D eigenvalue weighted by Crippen LogP contribution is -2.46. The molecule has 9 nitrogen and oxygen atoms in total. The molecule has 1 aromatic heterocycles. The van der Waals surface area contributed by atoms with Gasteiger partial charge in [0.05, 0.1) is 22.3 Å². The smallest absolute Gasteiger partial charge is 0.428 e. The Bertz CT molecular complexity index is 1060. The molecule has 0 fully saturated rings. The lowest BCUT2D eigenvalue weighted by atomic mass is 9.95. The van der Waals surface area contributed by atoms with Crippen molar-refractivity contribution in [1.82, 2.24) is 9.89 Å². The number of nitrogens with one attached hydrogen (secondary N) is 1. The summed E-state index contributed by atoms with van der Waals surface area (Å²) in [6, 6.07) is 5.40. The second-order valence-corrected chi connectivity index (χ2v) is 10.2. The molecule has 0 aliphatic carbocycles. The number of carbonyl (C=O) groups is 2. The summed E-state index contributed by atoms with van der Waals surface area (Å²) >= 11 is 0. The van der Waals surface area contributed by atoms with Crippen LogP contribution in [0.25, 0.3) is 0 Å². The SMILES string of the molecule is Cc1nn(N(C(=O)O)C(C)C)c(C)c1S(=O)(=O)c1ccc(NC(=O)C(C)(C)C)cc1. The molecule has 2 amide bonds. The Labute approximate surface area is 176 Å². The molecule has 2 aromatic rings. The molecule has 0 saturated carbocycles. The molecule has 0 aliphatic rings. The maximum Gasteiger partial charge on any atom is 0.428 e. The summed E-state index contributed by atoms with van der Waals surface area (Å²) in [5.74, 6) is -0.187. The van der Waals surface area contributed by atoms with Crippen molar-refractivity contribution in [3.8, 4) is 0 Å². The van der Waals surface area contributed by atoms with Crippen LogP contribution in [0.4, 0.5) is 10.5 Å². The molecule has 0 bridgehead atoms. The van der Waals surface area contributed by atoms with Crippen LogP contribution < -0.4 is 10.3 Å². The van der Waals surface area contributed by atoms with Gasteiger partial charge in [-0.3, -0.25) is 4.79 Å². The molecule has 10 heteroatoms. The van der Waals surface area contributed by atoms with E-state index >= 15 is 0 Å². The van der Waals surface area contributed by atoms with Gasteiger partial charge in [0.15, 0.2) is 0 Å². The van der Waals surface area contributed by atoms with E-state index in [1.54, 1.807) is 34.6 Å². The number of anilines is 1. The van der Waals surface area contributed by atoms with Crippen LogP contribution >= 0.6 is 0 Å². The number of hydrogen-bond donors (Lipinski definition) is 2. The Morgan fingerprint density at radius 1 is 1.13 bits per heavy atom. The minimum atomic E-state index is -3.95. The molecule has 30 heavy (non-hydrogen) atoms. The summed E-state index contributed by atoms with van der Waals surface area (Å²) in [7, 11) is -3.95. The van der Waals surface area contributed by atoms with Crippen molar-refractivity contribution in [3.05, 3.63) is 35.7 Å². The van der Waals surface area contributed by atoms with Gasteiger partial charge in [-0.2, -0.15) is 14.9 Å². The zero-order valence-corrected chi connectivity index (χ0v) is 19.0. The van der Waals surface area contributed by atoms with Gasteiger partial charge in [0.2, 0.25) is 15.7 Å². The van der Waals surface area contributed by atoms with Crippen LogP contribution in [0.3, 0.4) is 0 Å². The van der Waals surface area contributed by atoms with E-state index in [1.165, 1.54) is 38.1 Å². The molecular formula is C20H28N4O5S. The van der Waals surface area contributed by atoms with Crippen LogP contribution in [0.1, 0.15) is 46.0 Å². The fraction of sp³-hybridized carbons (Fsp3) is 0.450. The highest BCUT2D eigenvalue weighted by molar-refractivity contribution is 7.91. The molecule has 1 heterocycles. The van der Waals surface area contributed by atoms with Crippen molar-refractivity contribution in [3.63, 3.8) is 0 Å². The van der Waals surface area contributed by atoms with Gasteiger partial charge in [0.25, 0.3) is 0 Å². The number of hydrogen-bond acceptors (Lipinski definition) is 5. The highest BCUT2D eigenvalue weighted by Gasteiger charge is 2.30. The van der Waals surface area contributed by atoms with Gasteiger partial charge in [-0.15, -0.1) is 0 Å². The van der Waals surface area contributed by atoms with E-state index in [0.717, 1.165) is 9.80 Å². The number of amides is 2. The molecule has 2 rings (SSSR count). The maximum absolute atomic E-state index is 13.2. The first kappa shape index (κ1) is 23.4. The van der Waals surface area contributed by atoms with Crippen molar-refractivity contribution >= 4 is 27.5 Å². The van der Waals surface area contributed by atoms with Gasteiger partial charge in [-0.1, -0.05) is 20.8 Å². The molecular weight excluding hydrogens is 408 g/mol. The third-order valence-corrected chi connectivity index (χ3v) is 6.48. The molecule has 0 unspecified atom stereocenters. The monoisotopic (exact) mass is 436 g/mol. The zero-order chi connectivity index (χ0) is 23.0. The van der Waals surface area contributed by atoms with E-state index in [4.69, 9.17) is 0 Å². The molecule has 0 radical (unpaired) electrons. The van der Waals surface area contributed by atoms with Crippen LogP contribution in [0.2, 0.25) is 0 Å². The van der Waals surface area contributed by atoms with Crippen LogP contribution in [0, 0.1) is 19.3 Å². The number of carbonyl (C=O) groups excluding carboxylic acids is 1. The van der Waals surface area contributed by atoms with Gasteiger partial charge in [0.1, 0.15) is 4.90 Å². The molecule has 0 aliphatic heterocycles. The molecule has 0 spiro atoms. The van der Waals surface area contributed by atoms with Gasteiger partial charge in [-0.25, -0.2) is 13.2 Å². The van der Waals surface area contributed by atoms with Crippen LogP contribution in [0.5, 0.6) is 0 Å². The number of sulfone groups is 1. The van der Waals surface area contributed by atoms with Crippen molar-refractivity contribution in [2.75, 3.05) is 10.3 Å². The number of benzene rings is 1. The fourth-order valence-electron chi connectivity index (χ4n) is 2.89. The Balaban J connectivity index is 2.45. The maximum atomic E-state index is 13.2. The molecule has 0 saturated heterocycles. The topological polar surface area (TPSA) is 122 Å². The molecule has 2 N–H and O–H groups in total. The third-order valence-electron chi connectivity index (χ3n) is 4.46. The normalized spacial score (nSPS) is 12.1. The van der Waals surface area contributed by atoms with Gasteiger partial charge in [0, 0.05) is 11.1 Å². The number of nitrogens with zero attached hydrogens (tertiary/aromatic N) is 3. The van der Waals surface area contributed by atoms with Crippen LogP contribution in [-0.4, -0.2) is 41.5 Å². The molecule has 1 aromatic carbocycles. The van der Waals surface area contributed by atoms with Crippen molar-refractivity contribution in [1.29, 1.82) is 0 Å². The van der Waals surface area contributed by atoms with Gasteiger partial charge < -0.3 is 10.4 Å². The van der Waals surface area contributed by atoms with E-state index in [-0.39, 0.29) is 27.1 Å². The first-order valence-corrected chi connectivity index (χ1v) is 10.9. The average Bonchev–Trinajstić information content (AvgIpc) is 2.88. The number of aryl methyl sites for hydroxylation is 1. The third kappa shape index (κ3) is 4.48. The second kappa shape index (κ2) is 8.10. The first-order valence-electron chi connectivity index (χ1n) is 9.43. The van der Waals surface area contributed by atoms with E-state index < -0.39 is 27.4 Å². The summed E-state index contributed by atoms with van der Waals surface area (Å²) in [5.41, 5.74) is 0.299. The predicted molar refractivity (Wildman–Crippen MR) is 113 cm³/mol.